The van der Waals surface area contributed by atoms with Crippen LogP contribution in [0.15, 0.2) is 0 Å². The van der Waals surface area contributed by atoms with Crippen LogP contribution < -0.4 is 5.32 Å². The zero-order chi connectivity index (χ0) is 9.35. The Hall–Kier alpha value is -0.0500. The van der Waals surface area contributed by atoms with E-state index in [4.69, 9.17) is 0 Å². The summed E-state index contributed by atoms with van der Waals surface area (Å²) in [6.45, 7) is 7.15. The summed E-state index contributed by atoms with van der Waals surface area (Å²) in [7, 11) is 0. The molecule has 1 fully saturated rings. The van der Waals surface area contributed by atoms with Crippen molar-refractivity contribution in [1.82, 2.24) is 5.32 Å². The molecular formula is C9H16BrNO. The van der Waals surface area contributed by atoms with Crippen molar-refractivity contribution in [1.29, 1.82) is 0 Å². The third-order valence-corrected chi connectivity index (χ3v) is 3.02. The second kappa shape index (κ2) is 3.36. The van der Waals surface area contributed by atoms with Gasteiger partial charge in [-0.15, -0.1) is 0 Å². The van der Waals surface area contributed by atoms with E-state index < -0.39 is 0 Å². The average molecular weight is 234 g/mol. The van der Waals surface area contributed by atoms with E-state index in [0.717, 1.165) is 6.54 Å². The highest BCUT2D eigenvalue weighted by atomic mass is 79.9. The Morgan fingerprint density at radius 3 is 2.58 bits per heavy atom. The van der Waals surface area contributed by atoms with Gasteiger partial charge in [0.25, 0.3) is 0 Å². The van der Waals surface area contributed by atoms with Gasteiger partial charge in [-0.05, 0) is 24.7 Å². The second-order valence-electron chi connectivity index (χ2n) is 4.25. The summed E-state index contributed by atoms with van der Waals surface area (Å²) in [4.78, 5) is 11.1. The normalized spacial score (nSPS) is 27.8. The van der Waals surface area contributed by atoms with Crippen molar-refractivity contribution >= 4 is 21.8 Å². The molecule has 0 aromatic rings. The maximum Gasteiger partial charge on any atom is 0.233 e. The van der Waals surface area contributed by atoms with Crippen LogP contribution in [0.2, 0.25) is 0 Å². The maximum absolute atomic E-state index is 11.1. The first kappa shape index (κ1) is 10.0. The van der Waals surface area contributed by atoms with Crippen LogP contribution in [0.3, 0.4) is 0 Å². The summed E-state index contributed by atoms with van der Waals surface area (Å²) >= 11 is 3.23. The summed E-state index contributed by atoms with van der Waals surface area (Å²) in [6.07, 6.45) is 1.24. The minimum atomic E-state index is -0.0700. The van der Waals surface area contributed by atoms with Gasteiger partial charge in [0, 0.05) is 6.54 Å². The molecule has 1 amide bonds. The summed E-state index contributed by atoms with van der Waals surface area (Å²) in [5.41, 5.74) is 0.461. The van der Waals surface area contributed by atoms with Crippen LogP contribution in [0.5, 0.6) is 0 Å². The van der Waals surface area contributed by atoms with Gasteiger partial charge in [0.1, 0.15) is 0 Å². The Bertz CT molecular complexity index is 189. The third kappa shape index (κ3) is 2.47. The molecule has 1 rings (SSSR count). The molecule has 0 aromatic heterocycles. The highest BCUT2D eigenvalue weighted by Crippen LogP contribution is 2.50. The Morgan fingerprint density at radius 1 is 1.75 bits per heavy atom. The number of hydrogen-bond acceptors (Lipinski definition) is 1. The quantitative estimate of drug-likeness (QED) is 0.743. The van der Waals surface area contributed by atoms with Gasteiger partial charge in [-0.1, -0.05) is 29.8 Å². The zero-order valence-corrected chi connectivity index (χ0v) is 9.44. The predicted octanol–water partition coefficient (Wildman–Crippen LogP) is 1.93. The van der Waals surface area contributed by atoms with Crippen molar-refractivity contribution in [3.8, 4) is 0 Å². The van der Waals surface area contributed by atoms with Gasteiger partial charge >= 0.3 is 0 Å². The molecule has 2 atom stereocenters. The summed E-state index contributed by atoms with van der Waals surface area (Å²) in [6, 6.07) is 0. The monoisotopic (exact) mass is 233 g/mol. The SMILES string of the molecule is CC(Br)C(=O)NCC1CC1(C)C. The summed E-state index contributed by atoms with van der Waals surface area (Å²) in [5.74, 6) is 0.783. The highest BCUT2D eigenvalue weighted by molar-refractivity contribution is 9.10. The van der Waals surface area contributed by atoms with Crippen LogP contribution in [0, 0.1) is 11.3 Å². The molecule has 0 spiro atoms. The van der Waals surface area contributed by atoms with Crippen LogP contribution in [0.4, 0.5) is 0 Å². The summed E-state index contributed by atoms with van der Waals surface area (Å²) < 4.78 is 0. The molecule has 12 heavy (non-hydrogen) atoms. The number of alkyl halides is 1. The minimum absolute atomic E-state index is 0.0700. The zero-order valence-electron chi connectivity index (χ0n) is 7.86. The second-order valence-corrected chi connectivity index (χ2v) is 5.62. The van der Waals surface area contributed by atoms with E-state index in [2.05, 4.69) is 35.1 Å². The molecule has 1 saturated carbocycles. The fourth-order valence-corrected chi connectivity index (χ4v) is 1.45. The lowest BCUT2D eigenvalue weighted by atomic mass is 10.1. The number of carbonyl (C=O) groups excluding carboxylic acids is 1. The molecular weight excluding hydrogens is 218 g/mol. The largest absolute Gasteiger partial charge is 0.355 e. The van der Waals surface area contributed by atoms with Gasteiger partial charge in [-0.3, -0.25) is 4.79 Å². The van der Waals surface area contributed by atoms with E-state index in [0.29, 0.717) is 11.3 Å². The number of carbonyl (C=O) groups is 1. The number of rotatable bonds is 3. The van der Waals surface area contributed by atoms with E-state index in [1.807, 2.05) is 6.92 Å². The number of amides is 1. The molecule has 0 aromatic carbocycles. The maximum atomic E-state index is 11.1. The summed E-state index contributed by atoms with van der Waals surface area (Å²) in [5, 5.41) is 2.91. The van der Waals surface area contributed by atoms with Gasteiger partial charge in [0.2, 0.25) is 5.91 Å². The van der Waals surface area contributed by atoms with E-state index >= 15 is 0 Å². The number of halogens is 1. The minimum Gasteiger partial charge on any atom is -0.355 e. The van der Waals surface area contributed by atoms with E-state index in [1.165, 1.54) is 6.42 Å². The molecule has 0 aliphatic heterocycles. The molecule has 70 valence electrons. The number of hydrogen-bond donors (Lipinski definition) is 1. The van der Waals surface area contributed by atoms with Crippen LogP contribution in [-0.4, -0.2) is 17.3 Å². The molecule has 1 aliphatic rings. The van der Waals surface area contributed by atoms with Crippen molar-refractivity contribution in [3.63, 3.8) is 0 Å². The van der Waals surface area contributed by atoms with Crippen LogP contribution >= 0.6 is 15.9 Å². The lowest BCUT2D eigenvalue weighted by Crippen LogP contribution is -2.31. The van der Waals surface area contributed by atoms with Gasteiger partial charge in [0.05, 0.1) is 4.83 Å². The van der Waals surface area contributed by atoms with Gasteiger partial charge < -0.3 is 5.32 Å². The van der Waals surface area contributed by atoms with Crippen molar-refractivity contribution in [2.75, 3.05) is 6.54 Å². The standard InChI is InChI=1S/C9H16BrNO/c1-6(10)8(12)11-5-7-4-9(7,2)3/h6-7H,4-5H2,1-3H3,(H,11,12). The molecule has 0 heterocycles. The molecule has 2 unspecified atom stereocenters. The average Bonchev–Trinajstić information content (AvgIpc) is 2.54. The Morgan fingerprint density at radius 2 is 2.25 bits per heavy atom. The van der Waals surface area contributed by atoms with Crippen molar-refractivity contribution < 1.29 is 4.79 Å². The molecule has 1 N–H and O–H groups in total. The molecule has 3 heteroatoms. The topological polar surface area (TPSA) is 29.1 Å². The Balaban J connectivity index is 2.16. The van der Waals surface area contributed by atoms with Crippen molar-refractivity contribution in [2.45, 2.75) is 32.0 Å². The van der Waals surface area contributed by atoms with E-state index in [-0.39, 0.29) is 10.7 Å². The predicted molar refractivity (Wildman–Crippen MR) is 53.3 cm³/mol. The van der Waals surface area contributed by atoms with E-state index in [9.17, 15) is 4.79 Å². The van der Waals surface area contributed by atoms with Crippen LogP contribution in [0.25, 0.3) is 0 Å². The Labute approximate surface area is 82.2 Å². The number of nitrogens with one attached hydrogen (secondary N) is 1. The first-order valence-electron chi connectivity index (χ1n) is 4.35. The third-order valence-electron chi connectivity index (χ3n) is 2.60. The smallest absolute Gasteiger partial charge is 0.233 e. The first-order chi connectivity index (χ1) is 5.43. The molecule has 0 saturated heterocycles. The first-order valence-corrected chi connectivity index (χ1v) is 5.27. The van der Waals surface area contributed by atoms with Crippen molar-refractivity contribution in [2.24, 2.45) is 11.3 Å². The Kier molecular flexibility index (Phi) is 2.81. The highest BCUT2D eigenvalue weighted by Gasteiger charge is 2.45. The van der Waals surface area contributed by atoms with Crippen molar-refractivity contribution in [3.05, 3.63) is 0 Å². The van der Waals surface area contributed by atoms with Crippen LogP contribution in [-0.2, 0) is 4.79 Å². The lowest BCUT2D eigenvalue weighted by Gasteiger charge is -2.07. The lowest BCUT2D eigenvalue weighted by molar-refractivity contribution is -0.120. The van der Waals surface area contributed by atoms with E-state index in [1.54, 1.807) is 0 Å². The van der Waals surface area contributed by atoms with Gasteiger partial charge in [-0.25, -0.2) is 0 Å². The molecule has 0 radical (unpaired) electrons. The molecule has 0 bridgehead atoms. The van der Waals surface area contributed by atoms with Crippen LogP contribution in [0.1, 0.15) is 27.2 Å². The fraction of sp³-hybridized carbons (Fsp3) is 0.889. The molecule has 2 nitrogen and oxygen atoms in total. The molecule has 1 aliphatic carbocycles. The van der Waals surface area contributed by atoms with Gasteiger partial charge in [-0.2, -0.15) is 0 Å². The van der Waals surface area contributed by atoms with Gasteiger partial charge in [0.15, 0.2) is 0 Å². The fourth-order valence-electron chi connectivity index (χ4n) is 1.29.